The number of rotatable bonds is 7. The Morgan fingerprint density at radius 3 is 1.41 bits per heavy atom. The SMILES string of the molecule is c1ccc(-c2ccc(-c3cc(-c4cccc(-n5c6ccccc6n6c7ccccc7c(-c7ccccc7)c56)c4)nc(-c4ccc(-c5ccccc5)cc4)n3)cc2)cc1. The number of fused-ring (bicyclic) bond motifs is 5. The van der Waals surface area contributed by atoms with Gasteiger partial charge in [-0.2, -0.15) is 0 Å². The number of aromatic nitrogens is 4. The van der Waals surface area contributed by atoms with Crippen molar-refractivity contribution in [2.75, 3.05) is 0 Å². The summed E-state index contributed by atoms with van der Waals surface area (Å²) in [5, 5.41) is 1.22. The molecule has 4 nitrogen and oxygen atoms in total. The lowest BCUT2D eigenvalue weighted by Gasteiger charge is -2.13. The Labute approximate surface area is 336 Å². The molecule has 11 aromatic rings. The predicted octanol–water partition coefficient (Wildman–Crippen LogP) is 13.8. The highest BCUT2D eigenvalue weighted by molar-refractivity contribution is 6.09. The van der Waals surface area contributed by atoms with Gasteiger partial charge in [0.05, 0.1) is 27.9 Å². The van der Waals surface area contributed by atoms with Crippen molar-refractivity contribution in [2.45, 2.75) is 0 Å². The van der Waals surface area contributed by atoms with Crippen LogP contribution >= 0.6 is 0 Å². The average molecular weight is 741 g/mol. The van der Waals surface area contributed by atoms with Crippen molar-refractivity contribution in [3.63, 3.8) is 0 Å². The minimum absolute atomic E-state index is 0.683. The molecule has 0 fully saturated rings. The van der Waals surface area contributed by atoms with Gasteiger partial charge in [-0.15, -0.1) is 0 Å². The van der Waals surface area contributed by atoms with Crippen LogP contribution in [-0.4, -0.2) is 18.9 Å². The van der Waals surface area contributed by atoms with Gasteiger partial charge in [0.15, 0.2) is 5.82 Å². The first-order chi connectivity index (χ1) is 28.8. The van der Waals surface area contributed by atoms with Gasteiger partial charge in [0.25, 0.3) is 0 Å². The summed E-state index contributed by atoms with van der Waals surface area (Å²) < 4.78 is 4.83. The third-order valence-corrected chi connectivity index (χ3v) is 11.2. The molecule has 3 aromatic heterocycles. The summed E-state index contributed by atoms with van der Waals surface area (Å²) in [4.78, 5) is 10.5. The molecule has 58 heavy (non-hydrogen) atoms. The van der Waals surface area contributed by atoms with E-state index in [0.29, 0.717) is 5.82 Å². The van der Waals surface area contributed by atoms with E-state index in [9.17, 15) is 0 Å². The van der Waals surface area contributed by atoms with Gasteiger partial charge in [0.1, 0.15) is 5.65 Å². The molecule has 0 N–H and O–H groups in total. The molecule has 0 unspecified atom stereocenters. The van der Waals surface area contributed by atoms with Gasteiger partial charge in [0, 0.05) is 33.3 Å². The van der Waals surface area contributed by atoms with Crippen LogP contribution in [0, 0.1) is 0 Å². The third-order valence-electron chi connectivity index (χ3n) is 11.2. The van der Waals surface area contributed by atoms with Crippen LogP contribution in [0.15, 0.2) is 218 Å². The van der Waals surface area contributed by atoms with Crippen molar-refractivity contribution in [2.24, 2.45) is 0 Å². The van der Waals surface area contributed by atoms with Crippen LogP contribution in [0.1, 0.15) is 0 Å². The molecule has 0 atom stereocenters. The van der Waals surface area contributed by atoms with Crippen LogP contribution in [0.3, 0.4) is 0 Å². The monoisotopic (exact) mass is 740 g/mol. The topological polar surface area (TPSA) is 35.1 Å². The summed E-state index contributed by atoms with van der Waals surface area (Å²) in [6.07, 6.45) is 0. The standard InChI is InChI=1S/C54H36N4/c1-4-15-37(16-5-1)39-27-31-41(32-28-39)47-36-48(56-53(55-47)43-33-29-40(30-34-43)38-17-6-2-7-18-38)44-21-14-22-45(35-44)57-50-25-12-13-26-51(50)58-49-24-11-10-23-46(49)52(54(57)58)42-19-8-3-9-20-42/h1-36H. The van der Waals surface area contributed by atoms with Crippen LogP contribution < -0.4 is 0 Å². The molecule has 0 radical (unpaired) electrons. The quantitative estimate of drug-likeness (QED) is 0.163. The Morgan fingerprint density at radius 2 is 0.776 bits per heavy atom. The van der Waals surface area contributed by atoms with Crippen LogP contribution in [0.4, 0.5) is 0 Å². The summed E-state index contributed by atoms with van der Waals surface area (Å²) in [7, 11) is 0. The molecule has 272 valence electrons. The highest BCUT2D eigenvalue weighted by Crippen LogP contribution is 2.41. The molecule has 0 spiro atoms. The van der Waals surface area contributed by atoms with Crippen molar-refractivity contribution in [3.05, 3.63) is 218 Å². The lowest BCUT2D eigenvalue weighted by molar-refractivity contribution is 1.14. The molecular formula is C54H36N4. The van der Waals surface area contributed by atoms with Crippen molar-refractivity contribution in [1.82, 2.24) is 18.9 Å². The van der Waals surface area contributed by atoms with Gasteiger partial charge in [-0.3, -0.25) is 8.97 Å². The summed E-state index contributed by atoms with van der Waals surface area (Å²) in [6, 6.07) is 77.3. The number of benzene rings is 8. The maximum absolute atomic E-state index is 5.29. The Balaban J connectivity index is 1.09. The first-order valence-corrected chi connectivity index (χ1v) is 19.7. The second-order valence-electron chi connectivity index (χ2n) is 14.6. The van der Waals surface area contributed by atoms with E-state index in [1.165, 1.54) is 38.7 Å². The number of imidazole rings is 1. The molecule has 0 bridgehead atoms. The summed E-state index contributed by atoms with van der Waals surface area (Å²) in [5.74, 6) is 0.683. The van der Waals surface area contributed by atoms with Crippen LogP contribution in [0.5, 0.6) is 0 Å². The van der Waals surface area contributed by atoms with Gasteiger partial charge in [-0.05, 0) is 64.2 Å². The summed E-state index contributed by atoms with van der Waals surface area (Å²) >= 11 is 0. The largest absolute Gasteiger partial charge is 0.293 e. The molecule has 0 saturated carbocycles. The molecular weight excluding hydrogens is 705 g/mol. The second-order valence-corrected chi connectivity index (χ2v) is 14.6. The van der Waals surface area contributed by atoms with Crippen molar-refractivity contribution in [1.29, 1.82) is 0 Å². The van der Waals surface area contributed by atoms with E-state index in [-0.39, 0.29) is 0 Å². The molecule has 0 saturated heterocycles. The molecule has 4 heteroatoms. The Morgan fingerprint density at radius 1 is 0.310 bits per heavy atom. The highest BCUT2D eigenvalue weighted by atomic mass is 15.1. The lowest BCUT2D eigenvalue weighted by atomic mass is 10.0. The molecule has 11 rings (SSSR count). The number of hydrogen-bond acceptors (Lipinski definition) is 2. The van der Waals surface area contributed by atoms with E-state index >= 15 is 0 Å². The second kappa shape index (κ2) is 14.0. The fourth-order valence-electron chi connectivity index (χ4n) is 8.37. The zero-order chi connectivity index (χ0) is 38.4. The van der Waals surface area contributed by atoms with E-state index < -0.39 is 0 Å². The minimum atomic E-state index is 0.683. The lowest BCUT2D eigenvalue weighted by Crippen LogP contribution is -1.98. The number of para-hydroxylation sites is 3. The molecule has 8 aromatic carbocycles. The summed E-state index contributed by atoms with van der Waals surface area (Å²) in [5.41, 5.74) is 17.5. The van der Waals surface area contributed by atoms with Gasteiger partial charge in [-0.25, -0.2) is 9.97 Å². The average Bonchev–Trinajstić information content (AvgIpc) is 3.82. The van der Waals surface area contributed by atoms with E-state index in [1.807, 2.05) is 12.1 Å². The van der Waals surface area contributed by atoms with Gasteiger partial charge in [-0.1, -0.05) is 182 Å². The summed E-state index contributed by atoms with van der Waals surface area (Å²) in [6.45, 7) is 0. The van der Waals surface area contributed by atoms with Gasteiger partial charge in [0.2, 0.25) is 0 Å². The fourth-order valence-corrected chi connectivity index (χ4v) is 8.37. The van der Waals surface area contributed by atoms with E-state index in [1.54, 1.807) is 0 Å². The molecule has 0 aliphatic rings. The minimum Gasteiger partial charge on any atom is -0.293 e. The normalized spacial score (nSPS) is 11.4. The van der Waals surface area contributed by atoms with E-state index in [4.69, 9.17) is 9.97 Å². The van der Waals surface area contributed by atoms with E-state index in [0.717, 1.165) is 56.0 Å². The predicted molar refractivity (Wildman–Crippen MR) is 240 cm³/mol. The Kier molecular flexibility index (Phi) is 8.11. The fraction of sp³-hybridized carbons (Fsp3) is 0. The Hall–Kier alpha value is -7.82. The van der Waals surface area contributed by atoms with Crippen LogP contribution in [0.25, 0.3) is 101 Å². The van der Waals surface area contributed by atoms with E-state index in [2.05, 4.69) is 215 Å². The van der Waals surface area contributed by atoms with Gasteiger partial charge < -0.3 is 0 Å². The zero-order valence-electron chi connectivity index (χ0n) is 31.6. The molecule has 0 aliphatic heterocycles. The smallest absolute Gasteiger partial charge is 0.160 e. The van der Waals surface area contributed by atoms with Gasteiger partial charge >= 0.3 is 0 Å². The maximum Gasteiger partial charge on any atom is 0.160 e. The third kappa shape index (κ3) is 5.78. The number of nitrogens with zero attached hydrogens (tertiary/aromatic N) is 4. The van der Waals surface area contributed by atoms with Crippen molar-refractivity contribution < 1.29 is 0 Å². The molecule has 0 amide bonds. The van der Waals surface area contributed by atoms with Crippen LogP contribution in [-0.2, 0) is 0 Å². The van der Waals surface area contributed by atoms with Crippen molar-refractivity contribution >= 4 is 27.6 Å². The van der Waals surface area contributed by atoms with Crippen molar-refractivity contribution in [3.8, 4) is 73.0 Å². The Bertz CT molecular complexity index is 3130. The molecule has 0 aliphatic carbocycles. The number of hydrogen-bond donors (Lipinski definition) is 0. The first-order valence-electron chi connectivity index (χ1n) is 19.7. The van der Waals surface area contributed by atoms with Crippen LogP contribution in [0.2, 0.25) is 0 Å². The molecule has 3 heterocycles. The maximum atomic E-state index is 5.29. The highest BCUT2D eigenvalue weighted by Gasteiger charge is 2.22. The zero-order valence-corrected chi connectivity index (χ0v) is 31.6. The first kappa shape index (κ1) is 33.5.